The van der Waals surface area contributed by atoms with Crippen LogP contribution in [0.4, 0.5) is 11.8 Å². The SMILES string of the molecule is CC(C)(O)CNc1ncc(-c2cnc3[nH]ccc3n2)c(N)n1.CS(=O)N1CCCCC1. The van der Waals surface area contributed by atoms with Gasteiger partial charge in [-0.3, -0.25) is 0 Å². The normalized spacial score (nSPS) is 15.9. The first-order chi connectivity index (χ1) is 14.7. The van der Waals surface area contributed by atoms with Gasteiger partial charge < -0.3 is 21.1 Å². The fraction of sp³-hybridized carbons (Fsp3) is 0.500. The second kappa shape index (κ2) is 10.1. The zero-order valence-electron chi connectivity index (χ0n) is 18.1. The van der Waals surface area contributed by atoms with Gasteiger partial charge >= 0.3 is 0 Å². The fourth-order valence-electron chi connectivity index (χ4n) is 3.06. The lowest BCUT2D eigenvalue weighted by molar-refractivity contribution is 0.0943. The highest BCUT2D eigenvalue weighted by molar-refractivity contribution is 7.81. The summed E-state index contributed by atoms with van der Waals surface area (Å²) in [6.07, 6.45) is 10.5. The lowest BCUT2D eigenvalue weighted by Crippen LogP contribution is -2.30. The van der Waals surface area contributed by atoms with Crippen LogP contribution >= 0.6 is 0 Å². The van der Waals surface area contributed by atoms with Crippen LogP contribution in [0, 0.1) is 0 Å². The van der Waals surface area contributed by atoms with Crippen LogP contribution in [0.1, 0.15) is 33.1 Å². The predicted molar refractivity (Wildman–Crippen MR) is 124 cm³/mol. The summed E-state index contributed by atoms with van der Waals surface area (Å²) in [4.78, 5) is 20.1. The Labute approximate surface area is 184 Å². The maximum atomic E-state index is 10.8. The Hall–Kier alpha value is -2.63. The molecule has 0 bridgehead atoms. The van der Waals surface area contributed by atoms with Gasteiger partial charge in [0.15, 0.2) is 5.65 Å². The highest BCUT2D eigenvalue weighted by atomic mass is 32.2. The van der Waals surface area contributed by atoms with Crippen molar-refractivity contribution >= 4 is 33.9 Å². The molecule has 3 aromatic rings. The van der Waals surface area contributed by atoms with E-state index in [9.17, 15) is 9.32 Å². The van der Waals surface area contributed by atoms with Crippen LogP contribution in [-0.4, -0.2) is 70.0 Å². The molecule has 31 heavy (non-hydrogen) atoms. The molecule has 1 aliphatic heterocycles. The van der Waals surface area contributed by atoms with Gasteiger partial charge in [-0.2, -0.15) is 4.98 Å². The van der Waals surface area contributed by atoms with Gasteiger partial charge in [-0.25, -0.2) is 23.5 Å². The van der Waals surface area contributed by atoms with Gasteiger partial charge in [-0.15, -0.1) is 0 Å². The number of fused-ring (bicyclic) bond motifs is 1. The minimum Gasteiger partial charge on any atom is -0.389 e. The maximum absolute atomic E-state index is 10.8. The highest BCUT2D eigenvalue weighted by Crippen LogP contribution is 2.23. The first-order valence-electron chi connectivity index (χ1n) is 10.2. The molecule has 11 heteroatoms. The number of hydrogen-bond acceptors (Lipinski definition) is 8. The number of nitrogen functional groups attached to an aromatic ring is 1. The number of nitrogens with zero attached hydrogens (tertiary/aromatic N) is 5. The number of nitrogens with two attached hydrogens (primary N) is 1. The Balaban J connectivity index is 0.000000254. The highest BCUT2D eigenvalue weighted by Gasteiger charge is 2.14. The zero-order valence-corrected chi connectivity index (χ0v) is 18.9. The molecular weight excluding hydrogens is 416 g/mol. The van der Waals surface area contributed by atoms with Crippen molar-refractivity contribution in [3.05, 3.63) is 24.7 Å². The molecule has 168 valence electrons. The molecule has 1 atom stereocenters. The topological polar surface area (TPSA) is 146 Å². The summed E-state index contributed by atoms with van der Waals surface area (Å²) < 4.78 is 12.9. The molecule has 4 heterocycles. The molecule has 0 spiro atoms. The van der Waals surface area contributed by atoms with Gasteiger partial charge in [0.1, 0.15) is 11.3 Å². The van der Waals surface area contributed by atoms with Crippen molar-refractivity contribution in [2.75, 3.05) is 36.9 Å². The summed E-state index contributed by atoms with van der Waals surface area (Å²) in [5, 5.41) is 12.6. The molecule has 0 amide bonds. The molecule has 5 N–H and O–H groups in total. The van der Waals surface area contributed by atoms with E-state index in [1.54, 1.807) is 38.7 Å². The Morgan fingerprint density at radius 2 is 1.97 bits per heavy atom. The summed E-state index contributed by atoms with van der Waals surface area (Å²) in [7, 11) is -0.719. The van der Waals surface area contributed by atoms with Crippen molar-refractivity contribution in [3.8, 4) is 11.3 Å². The van der Waals surface area contributed by atoms with Crippen LogP contribution < -0.4 is 11.1 Å². The summed E-state index contributed by atoms with van der Waals surface area (Å²) in [5.41, 5.74) is 7.81. The van der Waals surface area contributed by atoms with E-state index in [1.807, 2.05) is 10.4 Å². The number of piperidine rings is 1. The second-order valence-electron chi connectivity index (χ2n) is 8.04. The standard InChI is InChI=1S/C14H17N7O.C6H13NOS/c1-14(2,22)7-19-13-18-5-8(11(15)21-13)10-6-17-12-9(20-10)3-4-16-12;1-9(8)7-5-3-2-4-6-7/h3-6,22H,7H2,1-2H3,(H,16,17)(H3,15,18,19,21);2-6H2,1H3. The molecule has 3 aromatic heterocycles. The van der Waals surface area contributed by atoms with Gasteiger partial charge in [0, 0.05) is 38.3 Å². The van der Waals surface area contributed by atoms with Crippen LogP contribution in [0.15, 0.2) is 24.7 Å². The average Bonchev–Trinajstić information content (AvgIpc) is 3.21. The van der Waals surface area contributed by atoms with E-state index in [1.165, 1.54) is 19.3 Å². The van der Waals surface area contributed by atoms with Crippen LogP contribution in [0.25, 0.3) is 22.4 Å². The molecule has 1 fully saturated rings. The van der Waals surface area contributed by atoms with Crippen molar-refractivity contribution in [2.24, 2.45) is 0 Å². The lowest BCUT2D eigenvalue weighted by atomic mass is 10.1. The van der Waals surface area contributed by atoms with Crippen molar-refractivity contribution in [1.82, 2.24) is 29.2 Å². The van der Waals surface area contributed by atoms with E-state index in [-0.39, 0.29) is 0 Å². The number of aliphatic hydroxyl groups is 1. The Morgan fingerprint density at radius 1 is 1.23 bits per heavy atom. The molecule has 0 aliphatic carbocycles. The van der Waals surface area contributed by atoms with Gasteiger partial charge in [0.2, 0.25) is 5.95 Å². The number of aromatic amines is 1. The third kappa shape index (κ3) is 6.68. The molecule has 10 nitrogen and oxygen atoms in total. The zero-order chi connectivity index (χ0) is 22.4. The minimum atomic E-state index is -0.860. The summed E-state index contributed by atoms with van der Waals surface area (Å²) in [6, 6.07) is 1.84. The number of anilines is 2. The quantitative estimate of drug-likeness (QED) is 0.465. The van der Waals surface area contributed by atoms with Gasteiger partial charge in [-0.1, -0.05) is 6.42 Å². The van der Waals surface area contributed by atoms with E-state index >= 15 is 0 Å². The monoisotopic (exact) mass is 446 g/mol. The Morgan fingerprint density at radius 3 is 2.58 bits per heavy atom. The number of aromatic nitrogens is 5. The molecule has 1 saturated heterocycles. The molecule has 1 aliphatic rings. The van der Waals surface area contributed by atoms with Crippen molar-refractivity contribution in [2.45, 2.75) is 38.7 Å². The predicted octanol–water partition coefficient (Wildman–Crippen LogP) is 1.95. The second-order valence-corrected chi connectivity index (χ2v) is 9.40. The number of rotatable bonds is 5. The van der Waals surface area contributed by atoms with Gasteiger partial charge in [0.25, 0.3) is 0 Å². The molecule has 1 unspecified atom stereocenters. The first-order valence-corrected chi connectivity index (χ1v) is 11.7. The van der Waals surface area contributed by atoms with Crippen molar-refractivity contribution in [3.63, 3.8) is 0 Å². The van der Waals surface area contributed by atoms with Crippen LogP contribution in [0.2, 0.25) is 0 Å². The summed E-state index contributed by atoms with van der Waals surface area (Å²) >= 11 is 0. The average molecular weight is 447 g/mol. The first kappa shape index (κ1) is 23.0. The van der Waals surface area contributed by atoms with Gasteiger partial charge in [0.05, 0.1) is 34.0 Å². The van der Waals surface area contributed by atoms with E-state index in [0.717, 1.165) is 18.6 Å². The number of H-pyrrole nitrogens is 1. The minimum absolute atomic E-state index is 0.303. The largest absolute Gasteiger partial charge is 0.389 e. The van der Waals surface area contributed by atoms with E-state index in [2.05, 4.69) is 30.2 Å². The smallest absolute Gasteiger partial charge is 0.224 e. The van der Waals surface area contributed by atoms with Crippen LogP contribution in [0.3, 0.4) is 0 Å². The molecule has 0 aromatic carbocycles. The molecule has 0 saturated carbocycles. The third-order valence-electron chi connectivity index (χ3n) is 4.71. The maximum Gasteiger partial charge on any atom is 0.224 e. The Kier molecular flexibility index (Phi) is 7.52. The summed E-state index contributed by atoms with van der Waals surface area (Å²) in [5.74, 6) is 0.663. The lowest BCUT2D eigenvalue weighted by Gasteiger charge is -2.22. The molecule has 0 radical (unpaired) electrons. The number of nitrogens with one attached hydrogen (secondary N) is 2. The fourth-order valence-corrected chi connectivity index (χ4v) is 3.83. The van der Waals surface area contributed by atoms with E-state index in [0.29, 0.717) is 35.2 Å². The van der Waals surface area contributed by atoms with E-state index in [4.69, 9.17) is 5.73 Å². The summed E-state index contributed by atoms with van der Waals surface area (Å²) in [6.45, 7) is 5.77. The molecular formula is C20H30N8O2S. The molecule has 4 rings (SSSR count). The van der Waals surface area contributed by atoms with Crippen LogP contribution in [-0.2, 0) is 11.0 Å². The Bertz CT molecular complexity index is 1030. The van der Waals surface area contributed by atoms with Crippen molar-refractivity contribution < 1.29 is 9.32 Å². The van der Waals surface area contributed by atoms with Crippen molar-refractivity contribution in [1.29, 1.82) is 0 Å². The van der Waals surface area contributed by atoms with Gasteiger partial charge in [-0.05, 0) is 32.8 Å². The number of hydrogen-bond donors (Lipinski definition) is 4. The van der Waals surface area contributed by atoms with E-state index < -0.39 is 16.6 Å². The third-order valence-corrected chi connectivity index (χ3v) is 5.81. The van der Waals surface area contributed by atoms with Crippen LogP contribution in [0.5, 0.6) is 0 Å².